The normalized spacial score (nSPS) is 11.9. The van der Waals surface area contributed by atoms with Crippen molar-refractivity contribution in [1.82, 2.24) is 9.88 Å². The van der Waals surface area contributed by atoms with Crippen molar-refractivity contribution in [3.63, 3.8) is 0 Å². The van der Waals surface area contributed by atoms with Gasteiger partial charge in [-0.25, -0.2) is 4.39 Å². The van der Waals surface area contributed by atoms with Gasteiger partial charge in [0.2, 0.25) is 0 Å². The van der Waals surface area contributed by atoms with Gasteiger partial charge in [-0.3, -0.25) is 9.59 Å². The molecule has 0 bridgehead atoms. The van der Waals surface area contributed by atoms with Gasteiger partial charge < -0.3 is 9.88 Å². The second kappa shape index (κ2) is 5.69. The molecule has 0 saturated heterocycles. The molecule has 20 heavy (non-hydrogen) atoms. The van der Waals surface area contributed by atoms with Crippen molar-refractivity contribution >= 4 is 5.91 Å². The summed E-state index contributed by atoms with van der Waals surface area (Å²) in [6, 6.07) is 8.53. The molecule has 0 aliphatic rings. The quantitative estimate of drug-likeness (QED) is 0.931. The predicted octanol–water partition coefficient (Wildman–Crippen LogP) is 2.02. The molecule has 5 heteroatoms. The molecule has 104 valence electrons. The zero-order valence-electron chi connectivity index (χ0n) is 11.3. The molecule has 4 nitrogen and oxygen atoms in total. The third-order valence-corrected chi connectivity index (χ3v) is 3.06. The number of aryl methyl sites for hydroxylation is 1. The number of rotatable bonds is 3. The molecule has 1 amide bonds. The summed E-state index contributed by atoms with van der Waals surface area (Å²) in [6.45, 7) is 1.76. The van der Waals surface area contributed by atoms with Crippen LogP contribution in [0.15, 0.2) is 47.4 Å². The smallest absolute Gasteiger partial charge is 0.252 e. The van der Waals surface area contributed by atoms with Gasteiger partial charge in [-0.15, -0.1) is 0 Å². The number of carbonyl (C=O) groups is 1. The molecule has 0 fully saturated rings. The third kappa shape index (κ3) is 3.12. The summed E-state index contributed by atoms with van der Waals surface area (Å²) in [6.07, 6.45) is 1.53. The van der Waals surface area contributed by atoms with Gasteiger partial charge in [-0.05, 0) is 30.7 Å². The van der Waals surface area contributed by atoms with Crippen LogP contribution in [-0.4, -0.2) is 10.5 Å². The molecule has 0 aliphatic carbocycles. The maximum Gasteiger partial charge on any atom is 0.252 e. The predicted molar refractivity (Wildman–Crippen MR) is 74.0 cm³/mol. The van der Waals surface area contributed by atoms with Gasteiger partial charge in [0.25, 0.3) is 11.5 Å². The molecule has 1 heterocycles. The molecule has 1 aromatic carbocycles. The molecular formula is C15H15FN2O2. The van der Waals surface area contributed by atoms with Gasteiger partial charge in [0.15, 0.2) is 0 Å². The average molecular weight is 274 g/mol. The Hall–Kier alpha value is -2.43. The fourth-order valence-electron chi connectivity index (χ4n) is 1.83. The van der Waals surface area contributed by atoms with Gasteiger partial charge in [-0.1, -0.05) is 12.1 Å². The van der Waals surface area contributed by atoms with Crippen molar-refractivity contribution in [2.24, 2.45) is 7.05 Å². The number of aromatic nitrogens is 1. The van der Waals surface area contributed by atoms with Crippen LogP contribution in [0.2, 0.25) is 0 Å². The number of benzene rings is 1. The fourth-order valence-corrected chi connectivity index (χ4v) is 1.83. The Labute approximate surface area is 115 Å². The minimum Gasteiger partial charge on any atom is -0.346 e. The topological polar surface area (TPSA) is 51.1 Å². The van der Waals surface area contributed by atoms with Crippen molar-refractivity contribution in [2.45, 2.75) is 13.0 Å². The number of hydrogen-bond acceptors (Lipinski definition) is 2. The molecule has 0 radical (unpaired) electrons. The SMILES string of the molecule is C[C@@H](NC(=O)c1ccn(C)c(=O)c1)c1cccc(F)c1. The number of carbonyl (C=O) groups excluding carboxylic acids is 1. The standard InChI is InChI=1S/C15H15FN2O2/c1-10(11-4-3-5-13(16)8-11)17-15(20)12-6-7-18(2)14(19)9-12/h3-10H,1-2H3,(H,17,20)/t10-/m1/s1. The second-order valence-corrected chi connectivity index (χ2v) is 4.61. The Morgan fingerprint density at radius 1 is 1.30 bits per heavy atom. The summed E-state index contributed by atoms with van der Waals surface area (Å²) >= 11 is 0. The lowest BCUT2D eigenvalue weighted by Crippen LogP contribution is -2.28. The zero-order chi connectivity index (χ0) is 14.7. The highest BCUT2D eigenvalue weighted by Gasteiger charge is 2.12. The number of pyridine rings is 1. The van der Waals surface area contributed by atoms with Gasteiger partial charge in [0.05, 0.1) is 6.04 Å². The number of amides is 1. The summed E-state index contributed by atoms with van der Waals surface area (Å²) in [5.74, 6) is -0.711. The second-order valence-electron chi connectivity index (χ2n) is 4.61. The first kappa shape index (κ1) is 14.0. The van der Waals surface area contributed by atoms with E-state index in [0.717, 1.165) is 0 Å². The first-order valence-corrected chi connectivity index (χ1v) is 6.20. The van der Waals surface area contributed by atoms with E-state index < -0.39 is 0 Å². The van der Waals surface area contributed by atoms with Crippen molar-refractivity contribution in [1.29, 1.82) is 0 Å². The number of nitrogens with zero attached hydrogens (tertiary/aromatic N) is 1. The van der Waals surface area contributed by atoms with Gasteiger partial charge in [-0.2, -0.15) is 0 Å². The minimum atomic E-state index is -0.362. The van der Waals surface area contributed by atoms with Crippen LogP contribution in [0.5, 0.6) is 0 Å². The van der Waals surface area contributed by atoms with E-state index in [0.29, 0.717) is 5.56 Å². The van der Waals surface area contributed by atoms with Crippen LogP contribution in [0.3, 0.4) is 0 Å². The lowest BCUT2D eigenvalue weighted by atomic mass is 10.1. The van der Waals surface area contributed by atoms with E-state index in [9.17, 15) is 14.0 Å². The van der Waals surface area contributed by atoms with Gasteiger partial charge in [0.1, 0.15) is 5.82 Å². The lowest BCUT2D eigenvalue weighted by molar-refractivity contribution is 0.0939. The van der Waals surface area contributed by atoms with Crippen LogP contribution in [0, 0.1) is 5.82 Å². The molecule has 2 rings (SSSR count). The highest BCUT2D eigenvalue weighted by atomic mass is 19.1. The van der Waals surface area contributed by atoms with Crippen LogP contribution in [0.4, 0.5) is 4.39 Å². The monoisotopic (exact) mass is 274 g/mol. The van der Waals surface area contributed by atoms with E-state index in [-0.39, 0.29) is 28.9 Å². The first-order valence-electron chi connectivity index (χ1n) is 6.20. The summed E-state index contributed by atoms with van der Waals surface area (Å²) in [5, 5.41) is 2.73. The molecule has 1 aromatic heterocycles. The van der Waals surface area contributed by atoms with Crippen LogP contribution in [0.1, 0.15) is 28.9 Å². The van der Waals surface area contributed by atoms with E-state index in [1.807, 2.05) is 0 Å². The Bertz CT molecular complexity index is 694. The van der Waals surface area contributed by atoms with E-state index in [1.54, 1.807) is 32.2 Å². The van der Waals surface area contributed by atoms with Crippen LogP contribution in [0.25, 0.3) is 0 Å². The Kier molecular flexibility index (Phi) is 3.98. The molecule has 0 saturated carbocycles. The van der Waals surface area contributed by atoms with E-state index in [4.69, 9.17) is 0 Å². The summed E-state index contributed by atoms with van der Waals surface area (Å²) in [7, 11) is 1.61. The summed E-state index contributed by atoms with van der Waals surface area (Å²) in [4.78, 5) is 23.5. The minimum absolute atomic E-state index is 0.254. The molecular weight excluding hydrogens is 259 g/mol. The zero-order valence-corrected chi connectivity index (χ0v) is 11.3. The van der Waals surface area contributed by atoms with Gasteiger partial charge >= 0.3 is 0 Å². The van der Waals surface area contributed by atoms with Crippen LogP contribution >= 0.6 is 0 Å². The fraction of sp³-hybridized carbons (Fsp3) is 0.200. The maximum absolute atomic E-state index is 13.1. The van der Waals surface area contributed by atoms with E-state index >= 15 is 0 Å². The molecule has 1 atom stereocenters. The van der Waals surface area contributed by atoms with Crippen molar-refractivity contribution in [3.8, 4) is 0 Å². The summed E-state index contributed by atoms with van der Waals surface area (Å²) in [5.41, 5.74) is 0.703. The molecule has 0 aliphatic heterocycles. The van der Waals surface area contributed by atoms with E-state index in [2.05, 4.69) is 5.32 Å². The van der Waals surface area contributed by atoms with Gasteiger partial charge in [0, 0.05) is 24.9 Å². The summed E-state index contributed by atoms with van der Waals surface area (Å²) < 4.78 is 14.5. The Balaban J connectivity index is 2.15. The number of halogens is 1. The number of nitrogens with one attached hydrogen (secondary N) is 1. The van der Waals surface area contributed by atoms with Crippen molar-refractivity contribution < 1.29 is 9.18 Å². The highest BCUT2D eigenvalue weighted by molar-refractivity contribution is 5.94. The maximum atomic E-state index is 13.1. The molecule has 2 aromatic rings. The van der Waals surface area contributed by atoms with Crippen LogP contribution < -0.4 is 10.9 Å². The third-order valence-electron chi connectivity index (χ3n) is 3.06. The van der Waals surface area contributed by atoms with Crippen LogP contribution in [-0.2, 0) is 7.05 Å². The highest BCUT2D eigenvalue weighted by Crippen LogP contribution is 2.14. The van der Waals surface area contributed by atoms with Crippen molar-refractivity contribution in [2.75, 3.05) is 0 Å². The average Bonchev–Trinajstić information content (AvgIpc) is 2.41. The Morgan fingerprint density at radius 2 is 2.05 bits per heavy atom. The first-order chi connectivity index (χ1) is 9.47. The lowest BCUT2D eigenvalue weighted by Gasteiger charge is -2.14. The number of hydrogen-bond donors (Lipinski definition) is 1. The molecule has 1 N–H and O–H groups in total. The largest absolute Gasteiger partial charge is 0.346 e. The molecule has 0 spiro atoms. The molecule has 0 unspecified atom stereocenters. The van der Waals surface area contributed by atoms with E-state index in [1.165, 1.54) is 29.0 Å². The Morgan fingerprint density at radius 3 is 2.70 bits per heavy atom. The van der Waals surface area contributed by atoms with Crippen molar-refractivity contribution in [3.05, 3.63) is 69.9 Å².